The van der Waals surface area contributed by atoms with Crippen LogP contribution in [-0.4, -0.2) is 39.1 Å². The monoisotopic (exact) mass is 316 g/mol. The summed E-state index contributed by atoms with van der Waals surface area (Å²) in [6.45, 7) is 0.0368. The molecule has 0 saturated carbocycles. The van der Waals surface area contributed by atoms with Gasteiger partial charge in [0.1, 0.15) is 10.6 Å². The summed E-state index contributed by atoms with van der Waals surface area (Å²) < 4.78 is 31.4. The summed E-state index contributed by atoms with van der Waals surface area (Å²) >= 11 is 0. The number of hydrogen-bond donors (Lipinski definition) is 3. The van der Waals surface area contributed by atoms with Gasteiger partial charge < -0.3 is 15.6 Å². The van der Waals surface area contributed by atoms with Crippen LogP contribution in [0.15, 0.2) is 23.1 Å². The lowest BCUT2D eigenvalue weighted by Gasteiger charge is -2.11. The third kappa shape index (κ3) is 4.72. The van der Waals surface area contributed by atoms with E-state index in [-0.39, 0.29) is 35.6 Å². The molecule has 4 N–H and O–H groups in total. The first-order valence-corrected chi connectivity index (χ1v) is 7.45. The highest BCUT2D eigenvalue weighted by Crippen LogP contribution is 2.24. The molecule has 0 bridgehead atoms. The number of nitrogens with two attached hydrogens (primary N) is 1. The van der Waals surface area contributed by atoms with Gasteiger partial charge in [0.05, 0.1) is 12.7 Å². The summed E-state index contributed by atoms with van der Waals surface area (Å²) in [6.07, 6.45) is 0.335. The van der Waals surface area contributed by atoms with Crippen molar-refractivity contribution in [2.24, 2.45) is 5.73 Å². The fraction of sp³-hybridized carbons (Fsp3) is 0.333. The molecule has 21 heavy (non-hydrogen) atoms. The molecule has 9 heteroatoms. The number of aromatic carboxylic acids is 1. The molecule has 0 atom stereocenters. The molecule has 1 amide bonds. The molecule has 0 aliphatic heterocycles. The summed E-state index contributed by atoms with van der Waals surface area (Å²) in [5, 5.41) is 8.86. The molecule has 0 radical (unpaired) electrons. The lowest BCUT2D eigenvalue weighted by molar-refractivity contribution is -0.118. The molecule has 0 fully saturated rings. The number of rotatable bonds is 8. The molecule has 0 heterocycles. The second kappa shape index (κ2) is 7.04. The summed E-state index contributed by atoms with van der Waals surface area (Å²) in [5.74, 6) is -1.78. The van der Waals surface area contributed by atoms with Crippen molar-refractivity contribution in [3.05, 3.63) is 23.8 Å². The van der Waals surface area contributed by atoms with Crippen LogP contribution in [0.5, 0.6) is 5.75 Å². The van der Waals surface area contributed by atoms with E-state index >= 15 is 0 Å². The molecule has 0 aliphatic rings. The highest BCUT2D eigenvalue weighted by Gasteiger charge is 2.20. The van der Waals surface area contributed by atoms with Crippen molar-refractivity contribution >= 4 is 21.9 Å². The van der Waals surface area contributed by atoms with Crippen LogP contribution in [0.3, 0.4) is 0 Å². The minimum absolute atomic E-state index is 0.0368. The lowest BCUT2D eigenvalue weighted by Crippen LogP contribution is -2.26. The van der Waals surface area contributed by atoms with Gasteiger partial charge in [-0.2, -0.15) is 0 Å². The number of hydrogen-bond acceptors (Lipinski definition) is 5. The zero-order valence-electron chi connectivity index (χ0n) is 11.3. The van der Waals surface area contributed by atoms with Gasteiger partial charge in [0.25, 0.3) is 0 Å². The van der Waals surface area contributed by atoms with Crippen LogP contribution in [0.2, 0.25) is 0 Å². The first-order valence-electron chi connectivity index (χ1n) is 5.97. The van der Waals surface area contributed by atoms with Crippen molar-refractivity contribution in [2.75, 3.05) is 13.7 Å². The largest absolute Gasteiger partial charge is 0.495 e. The average molecular weight is 316 g/mol. The van der Waals surface area contributed by atoms with E-state index in [2.05, 4.69) is 4.72 Å². The standard InChI is InChI=1S/C12H16N2O6S/c1-20-9-7-8(12(16)17)4-5-10(9)21(18,19)14-6-2-3-11(13)15/h4-5,7,14H,2-3,6H2,1H3,(H2,13,15)(H,16,17). The van der Waals surface area contributed by atoms with Crippen LogP contribution in [0.25, 0.3) is 0 Å². The van der Waals surface area contributed by atoms with Crippen molar-refractivity contribution < 1.29 is 27.9 Å². The molecular formula is C12H16N2O6S. The Balaban J connectivity index is 2.92. The molecule has 0 spiro atoms. The molecule has 0 saturated heterocycles. The number of carbonyl (C=O) groups excluding carboxylic acids is 1. The number of methoxy groups -OCH3 is 1. The number of ether oxygens (including phenoxy) is 1. The number of carboxylic acid groups (broad SMARTS) is 1. The van der Waals surface area contributed by atoms with E-state index in [9.17, 15) is 18.0 Å². The Hall–Kier alpha value is -2.13. The number of sulfonamides is 1. The lowest BCUT2D eigenvalue weighted by atomic mass is 10.2. The third-order valence-corrected chi connectivity index (χ3v) is 4.09. The molecule has 8 nitrogen and oxygen atoms in total. The number of benzene rings is 1. The van der Waals surface area contributed by atoms with E-state index in [0.717, 1.165) is 12.1 Å². The molecule has 1 aromatic rings. The first-order chi connectivity index (χ1) is 9.77. The van der Waals surface area contributed by atoms with Gasteiger partial charge in [-0.15, -0.1) is 0 Å². The molecule has 1 rings (SSSR count). The Labute approximate surface area is 122 Å². The Morgan fingerprint density at radius 2 is 2.05 bits per heavy atom. The van der Waals surface area contributed by atoms with Gasteiger partial charge in [0.2, 0.25) is 15.9 Å². The second-order valence-electron chi connectivity index (χ2n) is 4.14. The Bertz CT molecular complexity index is 641. The maximum Gasteiger partial charge on any atom is 0.335 e. The Morgan fingerprint density at radius 3 is 2.57 bits per heavy atom. The topological polar surface area (TPSA) is 136 Å². The number of carbonyl (C=O) groups is 2. The number of primary amides is 1. The highest BCUT2D eigenvalue weighted by molar-refractivity contribution is 7.89. The number of amides is 1. The molecule has 0 unspecified atom stereocenters. The van der Waals surface area contributed by atoms with Crippen LogP contribution in [-0.2, 0) is 14.8 Å². The minimum Gasteiger partial charge on any atom is -0.495 e. The minimum atomic E-state index is -3.86. The van der Waals surface area contributed by atoms with Gasteiger partial charge in [-0.05, 0) is 24.6 Å². The van der Waals surface area contributed by atoms with Gasteiger partial charge in [0, 0.05) is 13.0 Å². The molecule has 0 aliphatic carbocycles. The normalized spacial score (nSPS) is 11.1. The molecule has 1 aromatic carbocycles. The van der Waals surface area contributed by atoms with Crippen molar-refractivity contribution in [2.45, 2.75) is 17.7 Å². The molecular weight excluding hydrogens is 300 g/mol. The van der Waals surface area contributed by atoms with Crippen molar-refractivity contribution in [1.29, 1.82) is 0 Å². The van der Waals surface area contributed by atoms with Crippen molar-refractivity contribution in [1.82, 2.24) is 4.72 Å². The highest BCUT2D eigenvalue weighted by atomic mass is 32.2. The van der Waals surface area contributed by atoms with E-state index in [0.29, 0.717) is 0 Å². The average Bonchev–Trinajstić information content (AvgIpc) is 2.42. The van der Waals surface area contributed by atoms with Gasteiger partial charge in [0.15, 0.2) is 0 Å². The van der Waals surface area contributed by atoms with Gasteiger partial charge in [-0.3, -0.25) is 4.79 Å². The molecule has 0 aromatic heterocycles. The van der Waals surface area contributed by atoms with Gasteiger partial charge in [-0.1, -0.05) is 0 Å². The van der Waals surface area contributed by atoms with Crippen molar-refractivity contribution in [3.8, 4) is 5.75 Å². The van der Waals surface area contributed by atoms with E-state index in [4.69, 9.17) is 15.6 Å². The Kier molecular flexibility index (Phi) is 5.68. The van der Waals surface area contributed by atoms with E-state index in [1.54, 1.807) is 0 Å². The quantitative estimate of drug-likeness (QED) is 0.575. The van der Waals surface area contributed by atoms with Crippen molar-refractivity contribution in [3.63, 3.8) is 0 Å². The van der Waals surface area contributed by atoms with E-state index in [1.807, 2.05) is 0 Å². The third-order valence-electron chi connectivity index (χ3n) is 2.59. The smallest absolute Gasteiger partial charge is 0.335 e. The maximum absolute atomic E-state index is 12.1. The first kappa shape index (κ1) is 16.9. The second-order valence-corrected chi connectivity index (χ2v) is 5.87. The zero-order chi connectivity index (χ0) is 16.0. The summed E-state index contributed by atoms with van der Waals surface area (Å²) in [6, 6.07) is 3.45. The fourth-order valence-corrected chi connectivity index (χ4v) is 2.79. The maximum atomic E-state index is 12.1. The number of nitrogens with one attached hydrogen (secondary N) is 1. The van der Waals surface area contributed by atoms with Crippen LogP contribution in [0, 0.1) is 0 Å². The summed E-state index contributed by atoms with van der Waals surface area (Å²) in [5.41, 5.74) is 4.87. The molecule has 116 valence electrons. The SMILES string of the molecule is COc1cc(C(=O)O)ccc1S(=O)(=O)NCCCC(N)=O. The fourth-order valence-electron chi connectivity index (χ4n) is 1.57. The summed E-state index contributed by atoms with van der Waals surface area (Å²) in [7, 11) is -2.62. The Morgan fingerprint density at radius 1 is 1.38 bits per heavy atom. The van der Waals surface area contributed by atoms with E-state index in [1.165, 1.54) is 13.2 Å². The summed E-state index contributed by atoms with van der Waals surface area (Å²) in [4.78, 5) is 21.2. The number of carboxylic acids is 1. The predicted octanol–water partition coefficient (Wildman–Crippen LogP) is -0.0628. The van der Waals surface area contributed by atoms with Crippen LogP contribution in [0.4, 0.5) is 0 Å². The van der Waals surface area contributed by atoms with Gasteiger partial charge in [-0.25, -0.2) is 17.9 Å². The van der Waals surface area contributed by atoms with Crippen LogP contribution < -0.4 is 15.2 Å². The van der Waals surface area contributed by atoms with Crippen LogP contribution >= 0.6 is 0 Å². The van der Waals surface area contributed by atoms with Gasteiger partial charge >= 0.3 is 5.97 Å². The van der Waals surface area contributed by atoms with Crippen LogP contribution in [0.1, 0.15) is 23.2 Å². The predicted molar refractivity (Wildman–Crippen MR) is 73.6 cm³/mol. The van der Waals surface area contributed by atoms with E-state index < -0.39 is 21.9 Å². The zero-order valence-corrected chi connectivity index (χ0v) is 12.1.